The molecule has 0 amide bonds. The first-order chi connectivity index (χ1) is 8.40. The summed E-state index contributed by atoms with van der Waals surface area (Å²) >= 11 is 0. The number of carbonyl (C=O) groups excluding carboxylic acids is 1. The average molecular weight is 274 g/mol. The second kappa shape index (κ2) is 6.16. The normalized spacial score (nSPS) is 26.1. The van der Waals surface area contributed by atoms with Crippen LogP contribution in [0.4, 0.5) is 0 Å². The lowest BCUT2D eigenvalue weighted by atomic mass is 9.86. The summed E-state index contributed by atoms with van der Waals surface area (Å²) in [5.41, 5.74) is 0. The number of hydrogen-bond donors (Lipinski definition) is 1. The number of esters is 1. The van der Waals surface area contributed by atoms with Crippen LogP contribution in [-0.4, -0.2) is 32.8 Å². The third-order valence-electron chi connectivity index (χ3n) is 3.24. The summed E-state index contributed by atoms with van der Waals surface area (Å²) in [4.78, 5) is 11.3. The van der Waals surface area contributed by atoms with Crippen LogP contribution < -0.4 is 4.72 Å². The summed E-state index contributed by atoms with van der Waals surface area (Å²) < 4.78 is 30.5. The molecule has 0 aliphatic heterocycles. The first kappa shape index (κ1) is 14.9. The number of sulfonamides is 1. The van der Waals surface area contributed by atoms with Gasteiger partial charge in [0.2, 0.25) is 10.0 Å². The molecule has 1 aliphatic rings. The van der Waals surface area contributed by atoms with Crippen molar-refractivity contribution < 1.29 is 17.9 Å². The van der Waals surface area contributed by atoms with Gasteiger partial charge in [0.05, 0.1) is 19.1 Å². The van der Waals surface area contributed by atoms with Gasteiger partial charge in [-0.3, -0.25) is 4.79 Å². The predicted molar refractivity (Wildman–Crippen MR) is 64.9 cm³/mol. The summed E-state index contributed by atoms with van der Waals surface area (Å²) in [6, 6.07) is 1.52. The van der Waals surface area contributed by atoms with E-state index < -0.39 is 15.3 Å². The molecule has 0 aromatic carbocycles. The Morgan fingerprint density at radius 1 is 1.39 bits per heavy atom. The average Bonchev–Trinajstić information content (AvgIpc) is 2.37. The van der Waals surface area contributed by atoms with Gasteiger partial charge in [-0.1, -0.05) is 0 Å². The Labute approximate surface area is 107 Å². The Kier molecular flexibility index (Phi) is 5.11. The van der Waals surface area contributed by atoms with Crippen molar-refractivity contribution in [3.8, 4) is 6.07 Å². The van der Waals surface area contributed by atoms with Gasteiger partial charge in [0, 0.05) is 6.04 Å². The Hall–Kier alpha value is -1.13. The van der Waals surface area contributed by atoms with E-state index in [4.69, 9.17) is 5.26 Å². The van der Waals surface area contributed by atoms with Gasteiger partial charge < -0.3 is 4.74 Å². The topological polar surface area (TPSA) is 96.3 Å². The zero-order valence-electron chi connectivity index (χ0n) is 10.5. The summed E-state index contributed by atoms with van der Waals surface area (Å²) in [6.07, 6.45) is 2.41. The minimum atomic E-state index is -3.58. The van der Waals surface area contributed by atoms with E-state index in [0.717, 1.165) is 0 Å². The van der Waals surface area contributed by atoms with E-state index in [9.17, 15) is 13.2 Å². The van der Waals surface area contributed by atoms with Crippen LogP contribution in [0.2, 0.25) is 0 Å². The van der Waals surface area contributed by atoms with Gasteiger partial charge in [-0.05, 0) is 32.6 Å². The molecule has 1 rings (SSSR count). The van der Waals surface area contributed by atoms with Crippen molar-refractivity contribution in [2.24, 2.45) is 5.92 Å². The number of hydrogen-bond acceptors (Lipinski definition) is 5. The van der Waals surface area contributed by atoms with Crippen molar-refractivity contribution in [3.63, 3.8) is 0 Å². The Morgan fingerprint density at radius 3 is 2.39 bits per heavy atom. The van der Waals surface area contributed by atoms with Crippen molar-refractivity contribution in [3.05, 3.63) is 0 Å². The number of carbonyl (C=O) groups is 1. The first-order valence-electron chi connectivity index (χ1n) is 5.89. The van der Waals surface area contributed by atoms with Crippen LogP contribution in [0.25, 0.3) is 0 Å². The number of rotatable bonds is 4. The highest BCUT2D eigenvalue weighted by Gasteiger charge is 2.30. The lowest BCUT2D eigenvalue weighted by Gasteiger charge is -2.27. The Bertz CT molecular complexity index is 432. The molecule has 7 heteroatoms. The lowest BCUT2D eigenvalue weighted by Crippen LogP contribution is -2.42. The molecule has 18 heavy (non-hydrogen) atoms. The van der Waals surface area contributed by atoms with Crippen molar-refractivity contribution in [1.29, 1.82) is 5.26 Å². The summed E-state index contributed by atoms with van der Waals surface area (Å²) in [5, 5.41) is 7.56. The summed E-state index contributed by atoms with van der Waals surface area (Å²) in [7, 11) is -2.23. The first-order valence-corrected chi connectivity index (χ1v) is 7.44. The number of ether oxygens (including phenoxy) is 1. The number of nitrogens with zero attached hydrogens (tertiary/aromatic N) is 1. The number of methoxy groups -OCH3 is 1. The SMILES string of the molecule is COC(=O)C1CCC(NS(=O)(=O)C(C)C#N)CC1. The van der Waals surface area contributed by atoms with Crippen LogP contribution >= 0.6 is 0 Å². The molecule has 0 saturated heterocycles. The van der Waals surface area contributed by atoms with Gasteiger partial charge in [0.15, 0.2) is 5.25 Å². The van der Waals surface area contributed by atoms with Crippen LogP contribution in [0.5, 0.6) is 0 Å². The molecule has 1 unspecified atom stereocenters. The monoisotopic (exact) mass is 274 g/mol. The Morgan fingerprint density at radius 2 is 1.94 bits per heavy atom. The molecule has 0 aromatic heterocycles. The number of nitriles is 1. The van der Waals surface area contributed by atoms with E-state index >= 15 is 0 Å². The third-order valence-corrected chi connectivity index (χ3v) is 4.94. The molecule has 0 bridgehead atoms. The summed E-state index contributed by atoms with van der Waals surface area (Å²) in [5.74, 6) is -0.370. The molecule has 0 heterocycles. The highest BCUT2D eigenvalue weighted by Crippen LogP contribution is 2.25. The molecule has 1 aliphatic carbocycles. The quantitative estimate of drug-likeness (QED) is 0.755. The van der Waals surface area contributed by atoms with Crippen LogP contribution in [0, 0.1) is 17.2 Å². The zero-order valence-corrected chi connectivity index (χ0v) is 11.4. The van der Waals surface area contributed by atoms with E-state index in [0.29, 0.717) is 25.7 Å². The van der Waals surface area contributed by atoms with E-state index in [2.05, 4.69) is 9.46 Å². The van der Waals surface area contributed by atoms with Crippen molar-refractivity contribution in [1.82, 2.24) is 4.72 Å². The number of nitrogens with one attached hydrogen (secondary N) is 1. The minimum absolute atomic E-state index is 0.135. The molecule has 1 fully saturated rings. The minimum Gasteiger partial charge on any atom is -0.469 e. The Balaban J connectivity index is 2.50. The molecule has 1 N–H and O–H groups in total. The van der Waals surface area contributed by atoms with E-state index in [1.165, 1.54) is 14.0 Å². The molecule has 0 aromatic rings. The zero-order chi connectivity index (χ0) is 13.8. The van der Waals surface area contributed by atoms with Crippen molar-refractivity contribution >= 4 is 16.0 Å². The van der Waals surface area contributed by atoms with Crippen molar-refractivity contribution in [2.45, 2.75) is 43.9 Å². The molecule has 0 spiro atoms. The van der Waals surface area contributed by atoms with E-state index in [1.807, 2.05) is 0 Å². The fraction of sp³-hybridized carbons (Fsp3) is 0.818. The molecule has 0 radical (unpaired) electrons. The molecular weight excluding hydrogens is 256 g/mol. The van der Waals surface area contributed by atoms with Gasteiger partial charge in [0.1, 0.15) is 0 Å². The standard InChI is InChI=1S/C11H18N2O4S/c1-8(7-12)18(15,16)13-10-5-3-9(4-6-10)11(14)17-2/h8-10,13H,3-6H2,1-2H3. The predicted octanol–water partition coefficient (Wildman–Crippen LogP) is 0.550. The molecular formula is C11H18N2O4S. The van der Waals surface area contributed by atoms with Gasteiger partial charge in [-0.2, -0.15) is 5.26 Å². The maximum Gasteiger partial charge on any atom is 0.308 e. The smallest absolute Gasteiger partial charge is 0.308 e. The fourth-order valence-corrected chi connectivity index (χ4v) is 3.06. The van der Waals surface area contributed by atoms with E-state index in [1.54, 1.807) is 6.07 Å². The van der Waals surface area contributed by atoms with Crippen molar-refractivity contribution in [2.75, 3.05) is 7.11 Å². The van der Waals surface area contributed by atoms with Gasteiger partial charge in [-0.25, -0.2) is 13.1 Å². The largest absolute Gasteiger partial charge is 0.469 e. The van der Waals surface area contributed by atoms with Crippen LogP contribution in [0.15, 0.2) is 0 Å². The highest BCUT2D eigenvalue weighted by molar-refractivity contribution is 7.90. The summed E-state index contributed by atoms with van der Waals surface area (Å²) in [6.45, 7) is 1.35. The maximum absolute atomic E-state index is 11.7. The highest BCUT2D eigenvalue weighted by atomic mass is 32.2. The lowest BCUT2D eigenvalue weighted by molar-refractivity contribution is -0.146. The maximum atomic E-state index is 11.7. The third kappa shape index (κ3) is 3.68. The van der Waals surface area contributed by atoms with E-state index in [-0.39, 0.29) is 17.9 Å². The van der Waals surface area contributed by atoms with Crippen LogP contribution in [0.1, 0.15) is 32.6 Å². The molecule has 102 valence electrons. The second-order valence-electron chi connectivity index (χ2n) is 4.51. The van der Waals surface area contributed by atoms with Crippen LogP contribution in [0.3, 0.4) is 0 Å². The molecule has 1 atom stereocenters. The van der Waals surface area contributed by atoms with Gasteiger partial charge >= 0.3 is 5.97 Å². The van der Waals surface area contributed by atoms with Crippen LogP contribution in [-0.2, 0) is 19.6 Å². The molecule has 6 nitrogen and oxygen atoms in total. The van der Waals surface area contributed by atoms with Gasteiger partial charge in [-0.15, -0.1) is 0 Å². The van der Waals surface area contributed by atoms with Gasteiger partial charge in [0.25, 0.3) is 0 Å². The fourth-order valence-electron chi connectivity index (χ4n) is 2.02. The second-order valence-corrected chi connectivity index (χ2v) is 6.54. The molecule has 1 saturated carbocycles.